The molecule has 0 heterocycles. The van der Waals surface area contributed by atoms with Crippen LogP contribution >= 0.6 is 34.2 Å². The van der Waals surface area contributed by atoms with E-state index in [1.807, 2.05) is 45.0 Å². The van der Waals surface area contributed by atoms with Gasteiger partial charge in [-0.05, 0) is 44.9 Å². The maximum atomic E-state index is 11.8. The Bertz CT molecular complexity index is 414. The summed E-state index contributed by atoms with van der Waals surface area (Å²) in [4.78, 5) is 11.8. The highest BCUT2D eigenvalue weighted by Gasteiger charge is 2.20. The van der Waals surface area contributed by atoms with E-state index in [0.717, 1.165) is 16.4 Å². The summed E-state index contributed by atoms with van der Waals surface area (Å²) in [6.07, 6.45) is 0.457. The molecular weight excluding hydrogens is 377 g/mol. The summed E-state index contributed by atoms with van der Waals surface area (Å²) < 4.78 is 6.23. The van der Waals surface area contributed by atoms with Gasteiger partial charge in [0.2, 0.25) is 0 Å². The Hall–Kier alpha value is -0.490. The molecule has 1 rings (SSSR count). The molecule has 0 spiro atoms. The van der Waals surface area contributed by atoms with E-state index in [9.17, 15) is 4.79 Å². The first kappa shape index (κ1) is 16.6. The Labute approximate surface area is 133 Å². The van der Waals surface area contributed by atoms with Gasteiger partial charge in [0.1, 0.15) is 5.60 Å². The van der Waals surface area contributed by atoms with Crippen LogP contribution in [0.25, 0.3) is 0 Å². The van der Waals surface area contributed by atoms with Crippen molar-refractivity contribution in [1.29, 1.82) is 0 Å². The minimum absolute atomic E-state index is 0.0518. The number of nitrogens with one attached hydrogen (secondary N) is 1. The third kappa shape index (κ3) is 6.47. The second-order valence-electron chi connectivity index (χ2n) is 5.23. The van der Waals surface area contributed by atoms with Crippen LogP contribution in [0.2, 0.25) is 5.02 Å². The number of rotatable bonds is 4. The fourth-order valence-corrected chi connectivity index (χ4v) is 2.32. The van der Waals surface area contributed by atoms with Crippen LogP contribution in [0.1, 0.15) is 38.8 Å². The predicted octanol–water partition coefficient (Wildman–Crippen LogP) is 4.73. The fourth-order valence-electron chi connectivity index (χ4n) is 1.58. The van der Waals surface area contributed by atoms with Gasteiger partial charge in [-0.25, -0.2) is 4.79 Å². The van der Waals surface area contributed by atoms with E-state index in [4.69, 9.17) is 16.3 Å². The quantitative estimate of drug-likeness (QED) is 0.591. The molecule has 0 aliphatic rings. The first-order valence-corrected chi connectivity index (χ1v) is 8.03. The summed E-state index contributed by atoms with van der Waals surface area (Å²) in [7, 11) is 0. The average molecular weight is 396 g/mol. The van der Waals surface area contributed by atoms with Gasteiger partial charge in [0.25, 0.3) is 0 Å². The molecule has 1 N–H and O–H groups in total. The minimum atomic E-state index is -0.487. The van der Waals surface area contributed by atoms with E-state index >= 15 is 0 Å². The summed E-state index contributed by atoms with van der Waals surface area (Å²) in [5.74, 6) is 0. The maximum Gasteiger partial charge on any atom is 0.408 e. The normalized spacial score (nSPS) is 12.9. The minimum Gasteiger partial charge on any atom is -0.444 e. The second kappa shape index (κ2) is 7.33. The summed E-state index contributed by atoms with van der Waals surface area (Å²) >= 11 is 8.17. The zero-order valence-corrected chi connectivity index (χ0v) is 14.3. The second-order valence-corrected chi connectivity index (χ2v) is 6.74. The SMILES string of the molecule is CC(C)(C)OC(=O)N[C@@H](CCI)c1ccc(Cl)cc1. The molecule has 1 amide bonds. The number of carbonyl (C=O) groups is 1. The molecule has 5 heteroatoms. The molecule has 0 aliphatic carbocycles. The van der Waals surface area contributed by atoms with Crippen LogP contribution in [0.15, 0.2) is 24.3 Å². The molecule has 0 unspecified atom stereocenters. The number of hydrogen-bond donors (Lipinski definition) is 1. The first-order valence-electron chi connectivity index (χ1n) is 6.13. The highest BCUT2D eigenvalue weighted by atomic mass is 127. The molecule has 0 radical (unpaired) electrons. The standard InChI is InChI=1S/C14H19ClINO2/c1-14(2,3)19-13(18)17-12(8-9-16)10-4-6-11(15)7-5-10/h4-7,12H,8-9H2,1-3H3,(H,17,18)/t12-/m0/s1. The smallest absolute Gasteiger partial charge is 0.408 e. The molecular formula is C14H19ClINO2. The lowest BCUT2D eigenvalue weighted by molar-refractivity contribution is 0.0502. The predicted molar refractivity (Wildman–Crippen MR) is 87.1 cm³/mol. The number of hydrogen-bond acceptors (Lipinski definition) is 2. The Balaban J connectivity index is 2.73. The highest BCUT2D eigenvalue weighted by Crippen LogP contribution is 2.21. The van der Waals surface area contributed by atoms with Crippen LogP contribution in [0, 0.1) is 0 Å². The molecule has 0 fully saturated rings. The molecule has 0 bridgehead atoms. The number of carbonyl (C=O) groups excluding carboxylic acids is 1. The van der Waals surface area contributed by atoms with Crippen LogP contribution in [0.3, 0.4) is 0 Å². The number of amides is 1. The van der Waals surface area contributed by atoms with Gasteiger partial charge >= 0.3 is 6.09 Å². The molecule has 0 aliphatic heterocycles. The molecule has 1 aromatic carbocycles. The molecule has 1 atom stereocenters. The van der Waals surface area contributed by atoms with Crippen molar-refractivity contribution in [3.63, 3.8) is 0 Å². The van der Waals surface area contributed by atoms with Crippen LogP contribution in [0.4, 0.5) is 4.79 Å². The van der Waals surface area contributed by atoms with Crippen molar-refractivity contribution >= 4 is 40.3 Å². The van der Waals surface area contributed by atoms with E-state index in [1.54, 1.807) is 0 Å². The third-order valence-corrected chi connectivity index (χ3v) is 3.24. The van der Waals surface area contributed by atoms with E-state index in [0.29, 0.717) is 5.02 Å². The summed E-state index contributed by atoms with van der Waals surface area (Å²) in [5, 5.41) is 3.59. The Morgan fingerprint density at radius 1 is 1.37 bits per heavy atom. The van der Waals surface area contributed by atoms with Crippen LogP contribution in [-0.2, 0) is 4.74 Å². The van der Waals surface area contributed by atoms with Crippen molar-refractivity contribution in [2.24, 2.45) is 0 Å². The number of alkyl carbamates (subject to hydrolysis) is 1. The van der Waals surface area contributed by atoms with Crippen molar-refractivity contribution in [2.45, 2.75) is 38.8 Å². The highest BCUT2D eigenvalue weighted by molar-refractivity contribution is 14.1. The number of ether oxygens (including phenoxy) is 1. The van der Waals surface area contributed by atoms with Gasteiger partial charge in [0.05, 0.1) is 6.04 Å². The van der Waals surface area contributed by atoms with Crippen molar-refractivity contribution in [3.8, 4) is 0 Å². The monoisotopic (exact) mass is 395 g/mol. The average Bonchev–Trinajstić information content (AvgIpc) is 2.27. The topological polar surface area (TPSA) is 38.3 Å². The Morgan fingerprint density at radius 3 is 2.42 bits per heavy atom. The molecule has 1 aromatic rings. The van der Waals surface area contributed by atoms with Gasteiger partial charge in [-0.2, -0.15) is 0 Å². The fraction of sp³-hybridized carbons (Fsp3) is 0.500. The largest absolute Gasteiger partial charge is 0.444 e. The Morgan fingerprint density at radius 2 is 1.95 bits per heavy atom. The lowest BCUT2D eigenvalue weighted by Gasteiger charge is -2.23. The third-order valence-electron chi connectivity index (χ3n) is 2.36. The lowest BCUT2D eigenvalue weighted by atomic mass is 10.1. The molecule has 0 saturated heterocycles. The Kier molecular flexibility index (Phi) is 6.39. The number of halogens is 2. The van der Waals surface area contributed by atoms with Crippen molar-refractivity contribution in [3.05, 3.63) is 34.9 Å². The number of alkyl halides is 1. The lowest BCUT2D eigenvalue weighted by Crippen LogP contribution is -2.35. The van der Waals surface area contributed by atoms with Crippen LogP contribution in [-0.4, -0.2) is 16.1 Å². The zero-order chi connectivity index (χ0) is 14.5. The van der Waals surface area contributed by atoms with Gasteiger partial charge in [-0.15, -0.1) is 0 Å². The molecule has 106 valence electrons. The van der Waals surface area contributed by atoms with Crippen LogP contribution in [0.5, 0.6) is 0 Å². The maximum absolute atomic E-state index is 11.8. The van der Waals surface area contributed by atoms with E-state index in [2.05, 4.69) is 27.9 Å². The van der Waals surface area contributed by atoms with Gasteiger partial charge in [0, 0.05) is 9.45 Å². The zero-order valence-electron chi connectivity index (χ0n) is 11.4. The molecule has 0 aromatic heterocycles. The van der Waals surface area contributed by atoms with Gasteiger partial charge in [-0.1, -0.05) is 46.3 Å². The molecule has 19 heavy (non-hydrogen) atoms. The van der Waals surface area contributed by atoms with Crippen LogP contribution < -0.4 is 5.32 Å². The van der Waals surface area contributed by atoms with Crippen molar-refractivity contribution in [1.82, 2.24) is 5.32 Å². The number of benzene rings is 1. The summed E-state index contributed by atoms with van der Waals surface area (Å²) in [6.45, 7) is 5.55. The molecule has 0 saturated carbocycles. The van der Waals surface area contributed by atoms with Gasteiger partial charge in [-0.3, -0.25) is 0 Å². The van der Waals surface area contributed by atoms with E-state index < -0.39 is 11.7 Å². The first-order chi connectivity index (χ1) is 8.81. The van der Waals surface area contributed by atoms with E-state index in [1.165, 1.54) is 0 Å². The van der Waals surface area contributed by atoms with Crippen molar-refractivity contribution < 1.29 is 9.53 Å². The summed E-state index contributed by atoms with van der Waals surface area (Å²) in [6, 6.07) is 7.46. The summed E-state index contributed by atoms with van der Waals surface area (Å²) in [5.41, 5.74) is 0.547. The van der Waals surface area contributed by atoms with Gasteiger partial charge in [0.15, 0.2) is 0 Å². The van der Waals surface area contributed by atoms with Crippen molar-refractivity contribution in [2.75, 3.05) is 4.43 Å². The van der Waals surface area contributed by atoms with E-state index in [-0.39, 0.29) is 6.04 Å². The van der Waals surface area contributed by atoms with Gasteiger partial charge < -0.3 is 10.1 Å². The molecule has 3 nitrogen and oxygen atoms in total.